The highest BCUT2D eigenvalue weighted by molar-refractivity contribution is 6.30. The molecule has 19 heavy (non-hydrogen) atoms. The monoisotopic (exact) mass is 275 g/mol. The van der Waals surface area contributed by atoms with Gasteiger partial charge in [0.05, 0.1) is 0 Å². The highest BCUT2D eigenvalue weighted by Gasteiger charge is 2.06. The largest absolute Gasteiger partial charge is 0.457 e. The maximum atomic E-state index is 6.04. The molecule has 0 saturated heterocycles. The molecule has 100 valence electrons. The maximum absolute atomic E-state index is 6.04. The number of ether oxygens (including phenoxy) is 1. The molecule has 0 aliphatic carbocycles. The van der Waals surface area contributed by atoms with E-state index >= 15 is 0 Å². The number of halogens is 1. The molecular formula is C16H18ClNO. The molecule has 0 bridgehead atoms. The van der Waals surface area contributed by atoms with Crippen LogP contribution in [0.3, 0.4) is 0 Å². The first-order valence-corrected chi connectivity index (χ1v) is 6.80. The van der Waals surface area contributed by atoms with Crippen molar-refractivity contribution >= 4 is 11.6 Å². The van der Waals surface area contributed by atoms with E-state index in [2.05, 4.69) is 24.4 Å². The minimum atomic E-state index is 0.682. The third-order valence-electron chi connectivity index (χ3n) is 2.93. The molecule has 2 aromatic rings. The number of nitrogens with one attached hydrogen (secondary N) is 1. The second-order valence-corrected chi connectivity index (χ2v) is 4.82. The van der Waals surface area contributed by atoms with Crippen LogP contribution in [0.2, 0.25) is 5.02 Å². The van der Waals surface area contributed by atoms with E-state index in [1.165, 1.54) is 5.56 Å². The number of benzene rings is 2. The van der Waals surface area contributed by atoms with Gasteiger partial charge in [0.1, 0.15) is 11.5 Å². The Morgan fingerprint density at radius 3 is 2.74 bits per heavy atom. The van der Waals surface area contributed by atoms with E-state index in [4.69, 9.17) is 16.3 Å². The topological polar surface area (TPSA) is 21.3 Å². The van der Waals surface area contributed by atoms with Crippen LogP contribution < -0.4 is 10.1 Å². The lowest BCUT2D eigenvalue weighted by molar-refractivity contribution is 0.474. The predicted molar refractivity (Wildman–Crippen MR) is 80.1 cm³/mol. The molecule has 0 unspecified atom stereocenters. The van der Waals surface area contributed by atoms with Crippen LogP contribution in [0.25, 0.3) is 0 Å². The molecule has 0 aromatic heterocycles. The summed E-state index contributed by atoms with van der Waals surface area (Å²) in [5.41, 5.74) is 2.35. The fourth-order valence-corrected chi connectivity index (χ4v) is 2.08. The predicted octanol–water partition coefficient (Wildman–Crippen LogP) is 4.41. The summed E-state index contributed by atoms with van der Waals surface area (Å²) in [6, 6.07) is 13.8. The Morgan fingerprint density at radius 1 is 1.16 bits per heavy atom. The number of hydrogen-bond donors (Lipinski definition) is 1. The summed E-state index contributed by atoms with van der Waals surface area (Å²) in [7, 11) is 1.91. The van der Waals surface area contributed by atoms with E-state index in [0.29, 0.717) is 5.02 Å². The third kappa shape index (κ3) is 3.72. The molecule has 2 aromatic carbocycles. The lowest BCUT2D eigenvalue weighted by atomic mass is 10.1. The lowest BCUT2D eigenvalue weighted by Crippen LogP contribution is -2.06. The molecule has 0 atom stereocenters. The molecule has 2 nitrogen and oxygen atoms in total. The summed E-state index contributed by atoms with van der Waals surface area (Å²) in [6.45, 7) is 2.88. The molecule has 0 amide bonds. The molecule has 0 aliphatic rings. The fourth-order valence-electron chi connectivity index (χ4n) is 1.92. The van der Waals surface area contributed by atoms with Gasteiger partial charge in [-0.2, -0.15) is 0 Å². The van der Waals surface area contributed by atoms with Crippen LogP contribution >= 0.6 is 11.6 Å². The molecule has 0 saturated carbocycles. The van der Waals surface area contributed by atoms with Gasteiger partial charge >= 0.3 is 0 Å². The summed E-state index contributed by atoms with van der Waals surface area (Å²) in [5.74, 6) is 1.65. The molecule has 0 radical (unpaired) electrons. The second-order valence-electron chi connectivity index (χ2n) is 4.39. The highest BCUT2D eigenvalue weighted by Crippen LogP contribution is 2.29. The zero-order valence-corrected chi connectivity index (χ0v) is 12.0. The van der Waals surface area contributed by atoms with Gasteiger partial charge < -0.3 is 10.1 Å². The Bertz CT molecular complexity index is 554. The molecule has 1 N–H and O–H groups in total. The smallest absolute Gasteiger partial charge is 0.133 e. The maximum Gasteiger partial charge on any atom is 0.133 e. The fraction of sp³-hybridized carbons (Fsp3) is 0.250. The molecule has 2 rings (SSSR count). The van der Waals surface area contributed by atoms with E-state index in [1.54, 1.807) is 0 Å². The van der Waals surface area contributed by atoms with Crippen LogP contribution in [0, 0.1) is 0 Å². The summed E-state index contributed by atoms with van der Waals surface area (Å²) < 4.78 is 5.96. The van der Waals surface area contributed by atoms with Crippen LogP contribution in [-0.4, -0.2) is 7.05 Å². The summed E-state index contributed by atoms with van der Waals surface area (Å²) in [5, 5.41) is 3.81. The minimum absolute atomic E-state index is 0.682. The average molecular weight is 276 g/mol. The molecule has 0 aliphatic heterocycles. The van der Waals surface area contributed by atoms with Crippen LogP contribution in [0.1, 0.15) is 18.1 Å². The molecular weight excluding hydrogens is 258 g/mol. The zero-order chi connectivity index (χ0) is 13.7. The zero-order valence-electron chi connectivity index (χ0n) is 11.2. The van der Waals surface area contributed by atoms with Gasteiger partial charge in [-0.25, -0.2) is 0 Å². The Morgan fingerprint density at radius 2 is 2.00 bits per heavy atom. The summed E-state index contributed by atoms with van der Waals surface area (Å²) in [4.78, 5) is 0. The van der Waals surface area contributed by atoms with Crippen molar-refractivity contribution < 1.29 is 4.74 Å². The third-order valence-corrected chi connectivity index (χ3v) is 3.17. The quantitative estimate of drug-likeness (QED) is 0.872. The standard InChI is InChI=1S/C16H18ClNO/c1-3-12-5-4-6-15(9-12)19-16-10-14(17)8-7-13(16)11-18-2/h4-10,18H,3,11H2,1-2H3. The van der Waals surface area contributed by atoms with Gasteiger partial charge in [-0.3, -0.25) is 0 Å². The Labute approximate surface area is 119 Å². The molecule has 0 spiro atoms. The number of aryl methyl sites for hydroxylation is 1. The van der Waals surface area contributed by atoms with Crippen LogP contribution in [0.5, 0.6) is 11.5 Å². The van der Waals surface area contributed by atoms with Crippen LogP contribution in [0.4, 0.5) is 0 Å². The molecule has 0 heterocycles. The van der Waals surface area contributed by atoms with Gasteiger partial charge in [0.25, 0.3) is 0 Å². The van der Waals surface area contributed by atoms with Crippen molar-refractivity contribution in [1.82, 2.24) is 5.32 Å². The van der Waals surface area contributed by atoms with Crippen LogP contribution in [0.15, 0.2) is 42.5 Å². The SMILES string of the molecule is CCc1cccc(Oc2cc(Cl)ccc2CNC)c1. The van der Waals surface area contributed by atoms with Crippen molar-refractivity contribution in [3.05, 3.63) is 58.6 Å². The van der Waals surface area contributed by atoms with Crippen LogP contribution in [-0.2, 0) is 13.0 Å². The lowest BCUT2D eigenvalue weighted by Gasteiger charge is -2.12. The van der Waals surface area contributed by atoms with E-state index in [9.17, 15) is 0 Å². The van der Waals surface area contributed by atoms with E-state index < -0.39 is 0 Å². The first-order valence-electron chi connectivity index (χ1n) is 6.42. The summed E-state index contributed by atoms with van der Waals surface area (Å²) in [6.07, 6.45) is 0.996. The normalized spacial score (nSPS) is 10.5. The van der Waals surface area contributed by atoms with Crippen molar-refractivity contribution in [1.29, 1.82) is 0 Å². The highest BCUT2D eigenvalue weighted by atomic mass is 35.5. The Kier molecular flexibility index (Phi) is 4.83. The van der Waals surface area contributed by atoms with E-state index in [1.807, 2.05) is 37.4 Å². The molecule has 3 heteroatoms. The average Bonchev–Trinajstić information content (AvgIpc) is 2.42. The van der Waals surface area contributed by atoms with Crippen molar-refractivity contribution in [3.8, 4) is 11.5 Å². The first kappa shape index (κ1) is 13.9. The van der Waals surface area contributed by atoms with Gasteiger partial charge in [-0.1, -0.05) is 36.7 Å². The van der Waals surface area contributed by atoms with Crippen molar-refractivity contribution in [2.75, 3.05) is 7.05 Å². The Balaban J connectivity index is 2.28. The minimum Gasteiger partial charge on any atom is -0.457 e. The second kappa shape index (κ2) is 6.60. The van der Waals surface area contributed by atoms with E-state index in [0.717, 1.165) is 30.0 Å². The first-order chi connectivity index (χ1) is 9.22. The van der Waals surface area contributed by atoms with E-state index in [-0.39, 0.29) is 0 Å². The van der Waals surface area contributed by atoms with Gasteiger partial charge in [0, 0.05) is 17.1 Å². The Hall–Kier alpha value is -1.51. The van der Waals surface area contributed by atoms with Crippen molar-refractivity contribution in [2.45, 2.75) is 19.9 Å². The van der Waals surface area contributed by atoms with Gasteiger partial charge in [-0.05, 0) is 43.3 Å². The van der Waals surface area contributed by atoms with Gasteiger partial charge in [0.2, 0.25) is 0 Å². The van der Waals surface area contributed by atoms with Gasteiger partial charge in [0.15, 0.2) is 0 Å². The van der Waals surface area contributed by atoms with Gasteiger partial charge in [-0.15, -0.1) is 0 Å². The van der Waals surface area contributed by atoms with Crippen molar-refractivity contribution in [2.24, 2.45) is 0 Å². The number of rotatable bonds is 5. The van der Waals surface area contributed by atoms with Crippen molar-refractivity contribution in [3.63, 3.8) is 0 Å². The molecule has 0 fully saturated rings. The summed E-state index contributed by atoms with van der Waals surface area (Å²) >= 11 is 6.04. The number of hydrogen-bond acceptors (Lipinski definition) is 2.